The summed E-state index contributed by atoms with van der Waals surface area (Å²) in [5, 5.41) is 0.137. The van der Waals surface area contributed by atoms with Gasteiger partial charge in [0.15, 0.2) is 0 Å². The Morgan fingerprint density at radius 2 is 1.96 bits per heavy atom. The Hall–Kier alpha value is -1.94. The van der Waals surface area contributed by atoms with Crippen molar-refractivity contribution < 1.29 is 9.53 Å². The van der Waals surface area contributed by atoms with Gasteiger partial charge in [-0.3, -0.25) is 4.79 Å². The standard InChI is InChI=1S/C20H21NO2S/c22-19(16-9-10-16)21-11-12-24-20(21)17-7-4-8-18(13-17)23-14-15-5-2-1-3-6-15/h1-8,13,16,20H,9-12,14H2/t20-/m1/s1. The zero-order valence-corrected chi connectivity index (χ0v) is 14.4. The molecule has 1 saturated heterocycles. The predicted octanol–water partition coefficient (Wildman–Crippen LogP) is 4.25. The fourth-order valence-corrected chi connectivity index (χ4v) is 4.29. The average Bonchev–Trinajstić information content (AvgIpc) is 3.37. The van der Waals surface area contributed by atoms with Gasteiger partial charge in [0.25, 0.3) is 0 Å². The van der Waals surface area contributed by atoms with Crippen molar-refractivity contribution in [1.29, 1.82) is 0 Å². The van der Waals surface area contributed by atoms with E-state index in [4.69, 9.17) is 4.74 Å². The summed E-state index contributed by atoms with van der Waals surface area (Å²) in [6.07, 6.45) is 2.12. The number of benzene rings is 2. The number of carbonyl (C=O) groups is 1. The molecule has 1 amide bonds. The summed E-state index contributed by atoms with van der Waals surface area (Å²) in [5.74, 6) is 2.49. The average molecular weight is 339 g/mol. The molecule has 24 heavy (non-hydrogen) atoms. The van der Waals surface area contributed by atoms with E-state index in [1.807, 2.05) is 42.1 Å². The fraction of sp³-hybridized carbons (Fsp3) is 0.350. The Labute approximate surface area is 147 Å². The van der Waals surface area contributed by atoms with E-state index in [2.05, 4.69) is 29.2 Å². The SMILES string of the molecule is O=C(C1CC1)N1CCS[C@@H]1c1cccc(OCc2ccccc2)c1. The molecule has 124 valence electrons. The van der Waals surface area contributed by atoms with Crippen LogP contribution in [0.1, 0.15) is 29.3 Å². The first-order valence-electron chi connectivity index (χ1n) is 8.50. The molecule has 2 aliphatic rings. The topological polar surface area (TPSA) is 29.5 Å². The van der Waals surface area contributed by atoms with Crippen molar-refractivity contribution in [2.75, 3.05) is 12.3 Å². The second kappa shape index (κ2) is 6.89. The zero-order valence-electron chi connectivity index (χ0n) is 13.6. The molecule has 3 nitrogen and oxygen atoms in total. The molecule has 2 aromatic rings. The predicted molar refractivity (Wildman–Crippen MR) is 96.9 cm³/mol. The van der Waals surface area contributed by atoms with Gasteiger partial charge in [-0.05, 0) is 36.1 Å². The number of hydrogen-bond acceptors (Lipinski definition) is 3. The van der Waals surface area contributed by atoms with Gasteiger partial charge >= 0.3 is 0 Å². The minimum atomic E-state index is 0.137. The van der Waals surface area contributed by atoms with Crippen molar-refractivity contribution in [3.8, 4) is 5.75 Å². The van der Waals surface area contributed by atoms with Gasteiger partial charge in [0.1, 0.15) is 17.7 Å². The molecule has 0 aromatic heterocycles. The van der Waals surface area contributed by atoms with Gasteiger partial charge in [0.05, 0.1) is 0 Å². The molecule has 0 bridgehead atoms. The van der Waals surface area contributed by atoms with Gasteiger partial charge in [-0.2, -0.15) is 0 Å². The Morgan fingerprint density at radius 1 is 1.12 bits per heavy atom. The van der Waals surface area contributed by atoms with Crippen LogP contribution >= 0.6 is 11.8 Å². The van der Waals surface area contributed by atoms with E-state index in [0.29, 0.717) is 12.5 Å². The van der Waals surface area contributed by atoms with Crippen LogP contribution in [0.25, 0.3) is 0 Å². The minimum Gasteiger partial charge on any atom is -0.489 e. The molecule has 0 radical (unpaired) electrons. The van der Waals surface area contributed by atoms with Crippen LogP contribution in [-0.4, -0.2) is 23.1 Å². The highest BCUT2D eigenvalue weighted by molar-refractivity contribution is 7.99. The normalized spacial score (nSPS) is 20.2. The largest absolute Gasteiger partial charge is 0.489 e. The molecule has 4 heteroatoms. The zero-order chi connectivity index (χ0) is 16.4. The van der Waals surface area contributed by atoms with Crippen LogP contribution in [0.2, 0.25) is 0 Å². The summed E-state index contributed by atoms with van der Waals surface area (Å²) in [6.45, 7) is 1.42. The summed E-state index contributed by atoms with van der Waals surface area (Å²) in [5.41, 5.74) is 2.32. The Kier molecular flexibility index (Phi) is 4.48. The lowest BCUT2D eigenvalue weighted by Crippen LogP contribution is -2.31. The maximum Gasteiger partial charge on any atom is 0.226 e. The molecule has 1 aliphatic carbocycles. The lowest BCUT2D eigenvalue weighted by molar-refractivity contribution is -0.132. The molecule has 2 aromatic carbocycles. The van der Waals surface area contributed by atoms with Crippen molar-refractivity contribution >= 4 is 17.7 Å². The summed E-state index contributed by atoms with van der Waals surface area (Å²) in [7, 11) is 0. The molecule has 0 unspecified atom stereocenters. The van der Waals surface area contributed by atoms with E-state index in [1.165, 1.54) is 0 Å². The smallest absolute Gasteiger partial charge is 0.226 e. The lowest BCUT2D eigenvalue weighted by atomic mass is 10.2. The van der Waals surface area contributed by atoms with Crippen molar-refractivity contribution in [2.24, 2.45) is 5.92 Å². The summed E-state index contributed by atoms with van der Waals surface area (Å²) in [6, 6.07) is 18.4. The van der Waals surface area contributed by atoms with Crippen LogP contribution < -0.4 is 4.74 Å². The first kappa shape index (κ1) is 15.6. The van der Waals surface area contributed by atoms with Gasteiger partial charge in [-0.15, -0.1) is 11.8 Å². The molecule has 4 rings (SSSR count). The molecule has 2 fully saturated rings. The number of carbonyl (C=O) groups excluding carboxylic acids is 1. The molecule has 0 N–H and O–H groups in total. The van der Waals surface area contributed by atoms with Crippen LogP contribution in [0.15, 0.2) is 54.6 Å². The summed E-state index contributed by atoms with van der Waals surface area (Å²) >= 11 is 1.85. The molecule has 1 atom stereocenters. The molecular weight excluding hydrogens is 318 g/mol. The Morgan fingerprint density at radius 3 is 2.75 bits per heavy atom. The third kappa shape index (κ3) is 3.44. The summed E-state index contributed by atoms with van der Waals surface area (Å²) < 4.78 is 5.94. The number of amides is 1. The maximum atomic E-state index is 12.5. The Bertz CT molecular complexity index is 715. The van der Waals surface area contributed by atoms with Gasteiger partial charge in [0.2, 0.25) is 5.91 Å². The summed E-state index contributed by atoms with van der Waals surface area (Å²) in [4.78, 5) is 14.5. The minimum absolute atomic E-state index is 0.137. The molecular formula is C20H21NO2S. The van der Waals surface area contributed by atoms with Gasteiger partial charge in [-0.25, -0.2) is 0 Å². The van der Waals surface area contributed by atoms with E-state index in [0.717, 1.165) is 42.0 Å². The quantitative estimate of drug-likeness (QED) is 0.815. The highest BCUT2D eigenvalue weighted by Gasteiger charge is 2.39. The van der Waals surface area contributed by atoms with Crippen molar-refractivity contribution in [3.63, 3.8) is 0 Å². The molecule has 1 saturated carbocycles. The van der Waals surface area contributed by atoms with Gasteiger partial charge in [-0.1, -0.05) is 42.5 Å². The first-order chi connectivity index (χ1) is 11.8. The van der Waals surface area contributed by atoms with Gasteiger partial charge in [0, 0.05) is 18.2 Å². The van der Waals surface area contributed by atoms with Crippen molar-refractivity contribution in [3.05, 3.63) is 65.7 Å². The molecule has 1 heterocycles. The number of thioether (sulfide) groups is 1. The third-order valence-electron chi connectivity index (χ3n) is 4.49. The fourth-order valence-electron chi connectivity index (χ4n) is 3.04. The van der Waals surface area contributed by atoms with E-state index in [9.17, 15) is 4.79 Å². The first-order valence-corrected chi connectivity index (χ1v) is 9.55. The second-order valence-electron chi connectivity index (χ2n) is 6.38. The van der Waals surface area contributed by atoms with Crippen molar-refractivity contribution in [1.82, 2.24) is 4.90 Å². The van der Waals surface area contributed by atoms with Crippen LogP contribution in [0.3, 0.4) is 0 Å². The maximum absolute atomic E-state index is 12.5. The highest BCUT2D eigenvalue weighted by Crippen LogP contribution is 2.42. The van der Waals surface area contributed by atoms with E-state index >= 15 is 0 Å². The lowest BCUT2D eigenvalue weighted by Gasteiger charge is -2.24. The molecule has 0 spiro atoms. The number of hydrogen-bond donors (Lipinski definition) is 0. The Balaban J connectivity index is 1.46. The van der Waals surface area contributed by atoms with Crippen molar-refractivity contribution in [2.45, 2.75) is 24.8 Å². The van der Waals surface area contributed by atoms with Crippen LogP contribution in [-0.2, 0) is 11.4 Å². The van der Waals surface area contributed by atoms with E-state index < -0.39 is 0 Å². The number of rotatable bonds is 5. The number of ether oxygens (including phenoxy) is 1. The van der Waals surface area contributed by atoms with Crippen LogP contribution in [0.4, 0.5) is 0 Å². The highest BCUT2D eigenvalue weighted by atomic mass is 32.2. The van der Waals surface area contributed by atoms with Crippen LogP contribution in [0.5, 0.6) is 5.75 Å². The number of nitrogens with zero attached hydrogens (tertiary/aromatic N) is 1. The molecule has 1 aliphatic heterocycles. The van der Waals surface area contributed by atoms with E-state index in [-0.39, 0.29) is 11.3 Å². The monoisotopic (exact) mass is 339 g/mol. The van der Waals surface area contributed by atoms with Crippen LogP contribution in [0, 0.1) is 5.92 Å². The second-order valence-corrected chi connectivity index (χ2v) is 7.56. The third-order valence-corrected chi connectivity index (χ3v) is 5.75. The van der Waals surface area contributed by atoms with E-state index in [1.54, 1.807) is 0 Å². The van der Waals surface area contributed by atoms with Gasteiger partial charge < -0.3 is 9.64 Å².